The fraction of sp³-hybridized carbons (Fsp3) is 0.333. The van der Waals surface area contributed by atoms with E-state index in [4.69, 9.17) is 5.11 Å². The molecule has 0 radical (unpaired) electrons. The number of aliphatic hydroxyl groups excluding tert-OH is 1. The van der Waals surface area contributed by atoms with Crippen molar-refractivity contribution in [3.63, 3.8) is 0 Å². The van der Waals surface area contributed by atoms with E-state index in [1.165, 1.54) is 0 Å². The molecule has 1 aromatic rings. The van der Waals surface area contributed by atoms with Crippen LogP contribution >= 0.6 is 0 Å². The number of halogens is 4. The Hall–Kier alpha value is -2.82. The largest absolute Gasteiger partial charge is 0.573 e. The molecule has 7 nitrogen and oxygen atoms in total. The van der Waals surface area contributed by atoms with E-state index in [-0.39, 0.29) is 36.7 Å². The van der Waals surface area contributed by atoms with E-state index in [0.717, 1.165) is 24.1 Å². The molecule has 0 bridgehead atoms. The minimum atomic E-state index is -5.09. The standard InChI is InChI=1S/C15H14F4N2O5/c1-25-14(24)9-7-21(4-5-22)13(23)12(9)20-10-3-2-8(16)6-11(10)26-15(17,18)19/h2-3,6,20,22H,4-5,7H2,1H3. The van der Waals surface area contributed by atoms with E-state index in [1.54, 1.807) is 0 Å². The van der Waals surface area contributed by atoms with Crippen LogP contribution in [0.2, 0.25) is 0 Å². The second-order valence-electron chi connectivity index (χ2n) is 5.11. The van der Waals surface area contributed by atoms with Crippen molar-refractivity contribution >= 4 is 17.6 Å². The normalized spacial score (nSPS) is 14.7. The summed E-state index contributed by atoms with van der Waals surface area (Å²) in [5, 5.41) is 11.3. The molecule has 0 aliphatic carbocycles. The number of esters is 1. The van der Waals surface area contributed by atoms with Crippen LogP contribution in [-0.2, 0) is 14.3 Å². The summed E-state index contributed by atoms with van der Waals surface area (Å²) < 4.78 is 59.1. The van der Waals surface area contributed by atoms with Gasteiger partial charge in [-0.05, 0) is 12.1 Å². The number of amides is 1. The number of hydrogen-bond donors (Lipinski definition) is 2. The van der Waals surface area contributed by atoms with Gasteiger partial charge in [-0.1, -0.05) is 0 Å². The Morgan fingerprint density at radius 2 is 2.08 bits per heavy atom. The Morgan fingerprint density at radius 3 is 2.65 bits per heavy atom. The van der Waals surface area contributed by atoms with Gasteiger partial charge in [0.1, 0.15) is 11.5 Å². The van der Waals surface area contributed by atoms with Crippen LogP contribution in [0.5, 0.6) is 5.75 Å². The van der Waals surface area contributed by atoms with Crippen LogP contribution in [0.4, 0.5) is 23.2 Å². The number of nitrogens with one attached hydrogen (secondary N) is 1. The van der Waals surface area contributed by atoms with Crippen LogP contribution in [-0.4, -0.2) is 55.1 Å². The van der Waals surface area contributed by atoms with Gasteiger partial charge in [0.15, 0.2) is 5.75 Å². The number of β-amino-alcohol motifs (C(OH)–C–C–N with tert-alkyl or cyclic N) is 1. The summed E-state index contributed by atoms with van der Waals surface area (Å²) in [6.45, 7) is -0.683. The van der Waals surface area contributed by atoms with Gasteiger partial charge in [-0.25, -0.2) is 9.18 Å². The lowest BCUT2D eigenvalue weighted by Crippen LogP contribution is -2.31. The van der Waals surface area contributed by atoms with Crippen molar-refractivity contribution in [3.8, 4) is 5.75 Å². The monoisotopic (exact) mass is 378 g/mol. The van der Waals surface area contributed by atoms with Gasteiger partial charge < -0.3 is 24.8 Å². The predicted molar refractivity (Wildman–Crippen MR) is 79.4 cm³/mol. The summed E-state index contributed by atoms with van der Waals surface area (Å²) in [5.74, 6) is -3.51. The number of hydrogen-bond acceptors (Lipinski definition) is 6. The van der Waals surface area contributed by atoms with Gasteiger partial charge in [-0.3, -0.25) is 4.79 Å². The van der Waals surface area contributed by atoms with Crippen LogP contribution in [0.15, 0.2) is 29.5 Å². The van der Waals surface area contributed by atoms with Gasteiger partial charge in [0, 0.05) is 12.6 Å². The van der Waals surface area contributed by atoms with Crippen LogP contribution in [0.3, 0.4) is 0 Å². The number of anilines is 1. The molecule has 11 heteroatoms. The summed E-state index contributed by atoms with van der Waals surface area (Å²) in [4.78, 5) is 25.3. The van der Waals surface area contributed by atoms with Crippen LogP contribution in [0.1, 0.15) is 0 Å². The number of benzene rings is 1. The molecule has 1 heterocycles. The maximum absolute atomic E-state index is 13.3. The highest BCUT2D eigenvalue weighted by atomic mass is 19.4. The first-order valence-electron chi connectivity index (χ1n) is 7.20. The number of aliphatic hydroxyl groups is 1. The highest BCUT2D eigenvalue weighted by Gasteiger charge is 2.36. The van der Waals surface area contributed by atoms with Crippen molar-refractivity contribution in [3.05, 3.63) is 35.3 Å². The van der Waals surface area contributed by atoms with Crippen molar-refractivity contribution in [2.24, 2.45) is 0 Å². The van der Waals surface area contributed by atoms with Crippen LogP contribution < -0.4 is 10.1 Å². The minimum absolute atomic E-state index is 0.0974. The van der Waals surface area contributed by atoms with E-state index < -0.39 is 29.8 Å². The van der Waals surface area contributed by atoms with Gasteiger partial charge in [0.2, 0.25) is 0 Å². The number of rotatable bonds is 6. The lowest BCUT2D eigenvalue weighted by atomic mass is 10.2. The first-order valence-corrected chi connectivity index (χ1v) is 7.20. The molecule has 1 aliphatic heterocycles. The van der Waals surface area contributed by atoms with E-state index in [0.29, 0.717) is 6.07 Å². The number of alkyl halides is 3. The summed E-state index contributed by atoms with van der Waals surface area (Å²) in [7, 11) is 1.07. The fourth-order valence-electron chi connectivity index (χ4n) is 2.29. The Balaban J connectivity index is 2.40. The molecule has 2 N–H and O–H groups in total. The molecule has 1 aromatic carbocycles. The zero-order chi connectivity index (χ0) is 19.5. The molecule has 0 saturated heterocycles. The smallest absolute Gasteiger partial charge is 0.466 e. The number of methoxy groups -OCH3 is 1. The van der Waals surface area contributed by atoms with E-state index in [1.807, 2.05) is 0 Å². The Kier molecular flexibility index (Phi) is 5.70. The molecule has 0 saturated carbocycles. The number of nitrogens with zero attached hydrogens (tertiary/aromatic N) is 1. The van der Waals surface area contributed by atoms with E-state index in [2.05, 4.69) is 14.8 Å². The topological polar surface area (TPSA) is 88.1 Å². The molecule has 0 fully saturated rings. The van der Waals surface area contributed by atoms with Crippen LogP contribution in [0, 0.1) is 5.82 Å². The SMILES string of the molecule is COC(=O)C1=C(Nc2ccc(F)cc2OC(F)(F)F)C(=O)N(CCO)C1. The second kappa shape index (κ2) is 7.60. The summed E-state index contributed by atoms with van der Waals surface area (Å²) in [5.41, 5.74) is -0.864. The average molecular weight is 378 g/mol. The lowest BCUT2D eigenvalue weighted by Gasteiger charge is -2.17. The van der Waals surface area contributed by atoms with Crippen molar-refractivity contribution in [1.82, 2.24) is 4.90 Å². The van der Waals surface area contributed by atoms with Crippen molar-refractivity contribution in [2.45, 2.75) is 6.36 Å². The molecule has 0 spiro atoms. The van der Waals surface area contributed by atoms with Crippen molar-refractivity contribution in [1.29, 1.82) is 0 Å². The summed E-state index contributed by atoms with van der Waals surface area (Å²) in [6.07, 6.45) is -5.09. The molecule has 0 aromatic heterocycles. The number of carbonyl (C=O) groups is 2. The molecule has 0 unspecified atom stereocenters. The predicted octanol–water partition coefficient (Wildman–Crippen LogP) is 1.40. The Morgan fingerprint density at radius 1 is 1.38 bits per heavy atom. The first-order chi connectivity index (χ1) is 12.2. The third-order valence-corrected chi connectivity index (χ3v) is 3.38. The molecule has 0 atom stereocenters. The van der Waals surface area contributed by atoms with Gasteiger partial charge in [-0.2, -0.15) is 0 Å². The lowest BCUT2D eigenvalue weighted by molar-refractivity contribution is -0.274. The zero-order valence-corrected chi connectivity index (χ0v) is 13.4. The number of carbonyl (C=O) groups excluding carboxylic acids is 2. The van der Waals surface area contributed by atoms with Crippen molar-refractivity contribution < 1.29 is 41.7 Å². The molecule has 26 heavy (non-hydrogen) atoms. The molecular formula is C15H14F4N2O5. The quantitative estimate of drug-likeness (QED) is 0.575. The molecule has 142 valence electrons. The number of ether oxygens (including phenoxy) is 2. The van der Waals surface area contributed by atoms with E-state index in [9.17, 15) is 27.2 Å². The van der Waals surface area contributed by atoms with E-state index >= 15 is 0 Å². The maximum atomic E-state index is 13.3. The highest BCUT2D eigenvalue weighted by molar-refractivity contribution is 6.08. The third-order valence-electron chi connectivity index (χ3n) is 3.38. The third kappa shape index (κ3) is 4.42. The Bertz CT molecular complexity index is 748. The van der Waals surface area contributed by atoms with Crippen molar-refractivity contribution in [2.75, 3.05) is 32.1 Å². The van der Waals surface area contributed by atoms with Gasteiger partial charge in [-0.15, -0.1) is 13.2 Å². The molecule has 1 amide bonds. The maximum Gasteiger partial charge on any atom is 0.573 e. The summed E-state index contributed by atoms with van der Waals surface area (Å²) in [6, 6.07) is 2.27. The minimum Gasteiger partial charge on any atom is -0.466 e. The zero-order valence-electron chi connectivity index (χ0n) is 13.4. The van der Waals surface area contributed by atoms with Gasteiger partial charge in [0.25, 0.3) is 5.91 Å². The average Bonchev–Trinajstić information content (AvgIpc) is 2.85. The van der Waals surface area contributed by atoms with Gasteiger partial charge in [0.05, 0.1) is 31.5 Å². The molecule has 2 rings (SSSR count). The highest BCUT2D eigenvalue weighted by Crippen LogP contribution is 2.33. The van der Waals surface area contributed by atoms with Crippen LogP contribution in [0.25, 0.3) is 0 Å². The fourth-order valence-corrected chi connectivity index (χ4v) is 2.29. The Labute approximate surface area is 144 Å². The molecule has 1 aliphatic rings. The second-order valence-corrected chi connectivity index (χ2v) is 5.11. The molecular weight excluding hydrogens is 364 g/mol. The van der Waals surface area contributed by atoms with Gasteiger partial charge >= 0.3 is 12.3 Å². The summed E-state index contributed by atoms with van der Waals surface area (Å²) >= 11 is 0. The first kappa shape index (κ1) is 19.5.